The van der Waals surface area contributed by atoms with E-state index < -0.39 is 0 Å². The largest absolute Gasteiger partial charge is 0.497 e. The highest BCUT2D eigenvalue weighted by atomic mass is 16.5. The lowest BCUT2D eigenvalue weighted by Gasteiger charge is -2.21. The van der Waals surface area contributed by atoms with Gasteiger partial charge in [0.25, 0.3) is 0 Å². The first kappa shape index (κ1) is 14.4. The Morgan fingerprint density at radius 1 is 1.33 bits per heavy atom. The van der Waals surface area contributed by atoms with Crippen molar-refractivity contribution in [1.29, 1.82) is 0 Å². The van der Waals surface area contributed by atoms with Gasteiger partial charge in [-0.2, -0.15) is 0 Å². The number of methoxy groups -OCH3 is 1. The van der Waals surface area contributed by atoms with Gasteiger partial charge in [0.2, 0.25) is 0 Å². The Morgan fingerprint density at radius 3 is 2.56 bits per heavy atom. The number of hydrogen-bond donors (Lipinski definition) is 2. The molecule has 0 atom stereocenters. The zero-order valence-corrected chi connectivity index (χ0v) is 11.9. The first-order chi connectivity index (χ1) is 8.30. The summed E-state index contributed by atoms with van der Waals surface area (Å²) in [6, 6.07) is 6.04. The van der Waals surface area contributed by atoms with Gasteiger partial charge >= 0.3 is 0 Å². The highest BCUT2D eigenvalue weighted by Gasteiger charge is 2.09. The van der Waals surface area contributed by atoms with Crippen LogP contribution in [-0.4, -0.2) is 18.6 Å². The van der Waals surface area contributed by atoms with Crippen LogP contribution in [0.1, 0.15) is 31.9 Å². The Balaban J connectivity index is 2.73. The molecule has 0 aliphatic rings. The van der Waals surface area contributed by atoms with E-state index in [0.717, 1.165) is 16.9 Å². The number of benzene rings is 1. The van der Waals surface area contributed by atoms with Crippen molar-refractivity contribution in [3.63, 3.8) is 0 Å². The monoisotopic (exact) mass is 249 g/mol. The summed E-state index contributed by atoms with van der Waals surface area (Å²) in [6.07, 6.45) is 0. The van der Waals surface area contributed by atoms with Gasteiger partial charge in [0.05, 0.1) is 13.7 Å². The van der Waals surface area contributed by atoms with E-state index in [2.05, 4.69) is 16.4 Å². The molecule has 3 N–H and O–H groups in total. The molecule has 4 nitrogen and oxygen atoms in total. The molecule has 0 spiro atoms. The molecule has 0 aromatic heterocycles. The summed E-state index contributed by atoms with van der Waals surface area (Å²) in [5.41, 5.74) is 8.00. The molecule has 0 unspecified atom stereocenters. The first-order valence-corrected chi connectivity index (χ1v) is 6.03. The third-order valence-electron chi connectivity index (χ3n) is 2.28. The maximum Gasteiger partial charge on any atom is 0.189 e. The number of nitrogens with one attached hydrogen (secondary N) is 1. The Kier molecular flexibility index (Phi) is 4.59. The van der Waals surface area contributed by atoms with Crippen molar-refractivity contribution in [3.05, 3.63) is 29.3 Å². The van der Waals surface area contributed by atoms with Crippen molar-refractivity contribution in [1.82, 2.24) is 5.32 Å². The summed E-state index contributed by atoms with van der Waals surface area (Å²) in [4.78, 5) is 4.32. The molecule has 0 heterocycles. The quantitative estimate of drug-likeness (QED) is 0.638. The van der Waals surface area contributed by atoms with E-state index in [-0.39, 0.29) is 5.54 Å². The van der Waals surface area contributed by atoms with Crippen LogP contribution in [0.2, 0.25) is 0 Å². The third kappa shape index (κ3) is 5.08. The van der Waals surface area contributed by atoms with Gasteiger partial charge in [-0.3, -0.25) is 0 Å². The molecule has 1 aromatic carbocycles. The maximum absolute atomic E-state index is 5.82. The van der Waals surface area contributed by atoms with Gasteiger partial charge in [0.15, 0.2) is 5.96 Å². The van der Waals surface area contributed by atoms with Crippen molar-refractivity contribution in [2.45, 2.75) is 39.8 Å². The minimum Gasteiger partial charge on any atom is -0.497 e. The number of guanidine groups is 1. The minimum absolute atomic E-state index is 0.0715. The Bertz CT molecular complexity index is 433. The van der Waals surface area contributed by atoms with Gasteiger partial charge in [-0.1, -0.05) is 6.07 Å². The smallest absolute Gasteiger partial charge is 0.189 e. The summed E-state index contributed by atoms with van der Waals surface area (Å²) in [5, 5.41) is 3.13. The lowest BCUT2D eigenvalue weighted by molar-refractivity contribution is 0.414. The fourth-order valence-electron chi connectivity index (χ4n) is 1.63. The highest BCUT2D eigenvalue weighted by molar-refractivity contribution is 5.78. The Hall–Kier alpha value is -1.71. The van der Waals surface area contributed by atoms with Crippen LogP contribution in [0, 0.1) is 6.92 Å². The fourth-order valence-corrected chi connectivity index (χ4v) is 1.63. The average Bonchev–Trinajstić information content (AvgIpc) is 2.23. The van der Waals surface area contributed by atoms with E-state index in [1.54, 1.807) is 7.11 Å². The van der Waals surface area contributed by atoms with Crippen LogP contribution >= 0.6 is 0 Å². The normalized spacial score (nSPS) is 12.4. The second-order valence-corrected chi connectivity index (χ2v) is 5.43. The van der Waals surface area contributed by atoms with Crippen molar-refractivity contribution < 1.29 is 4.74 Å². The molecule has 0 fully saturated rings. The molecule has 0 radical (unpaired) electrons. The van der Waals surface area contributed by atoms with Crippen molar-refractivity contribution in [2.75, 3.05) is 7.11 Å². The topological polar surface area (TPSA) is 59.6 Å². The zero-order chi connectivity index (χ0) is 13.8. The zero-order valence-electron chi connectivity index (χ0n) is 11.9. The van der Waals surface area contributed by atoms with Crippen LogP contribution in [0.25, 0.3) is 0 Å². The fraction of sp³-hybridized carbons (Fsp3) is 0.500. The second-order valence-electron chi connectivity index (χ2n) is 5.43. The predicted molar refractivity (Wildman–Crippen MR) is 75.9 cm³/mol. The van der Waals surface area contributed by atoms with Gasteiger partial charge in [-0.15, -0.1) is 0 Å². The van der Waals surface area contributed by atoms with Crippen molar-refractivity contribution >= 4 is 5.96 Å². The van der Waals surface area contributed by atoms with Gasteiger partial charge < -0.3 is 15.8 Å². The van der Waals surface area contributed by atoms with Gasteiger partial charge in [-0.25, -0.2) is 4.99 Å². The number of nitrogens with zero attached hydrogens (tertiary/aromatic N) is 1. The van der Waals surface area contributed by atoms with E-state index in [9.17, 15) is 0 Å². The molecule has 18 heavy (non-hydrogen) atoms. The Labute approximate surface area is 109 Å². The molecule has 100 valence electrons. The lowest BCUT2D eigenvalue weighted by Crippen LogP contribution is -2.44. The molecule has 0 saturated carbocycles. The molecule has 0 aliphatic heterocycles. The molecular weight excluding hydrogens is 226 g/mol. The van der Waals surface area contributed by atoms with Gasteiger partial charge in [-0.05, 0) is 51.0 Å². The molecule has 0 amide bonds. The molecule has 1 aromatic rings. The molecule has 0 aliphatic carbocycles. The van der Waals surface area contributed by atoms with E-state index >= 15 is 0 Å². The third-order valence-corrected chi connectivity index (χ3v) is 2.28. The molecule has 1 rings (SSSR count). The lowest BCUT2D eigenvalue weighted by atomic mass is 10.1. The molecule has 0 saturated heterocycles. The van der Waals surface area contributed by atoms with E-state index in [4.69, 9.17) is 10.5 Å². The van der Waals surface area contributed by atoms with Crippen molar-refractivity contribution in [2.24, 2.45) is 10.7 Å². The van der Waals surface area contributed by atoms with E-state index in [0.29, 0.717) is 12.5 Å². The number of aryl methyl sites for hydroxylation is 1. The van der Waals surface area contributed by atoms with E-state index in [1.165, 1.54) is 0 Å². The summed E-state index contributed by atoms with van der Waals surface area (Å²) in [7, 11) is 1.66. The summed E-state index contributed by atoms with van der Waals surface area (Å²) < 4.78 is 5.23. The highest BCUT2D eigenvalue weighted by Crippen LogP contribution is 2.16. The van der Waals surface area contributed by atoms with Crippen LogP contribution < -0.4 is 15.8 Å². The molecule has 4 heteroatoms. The minimum atomic E-state index is -0.0715. The number of rotatable bonds is 3. The van der Waals surface area contributed by atoms with Crippen LogP contribution in [0.3, 0.4) is 0 Å². The predicted octanol–water partition coefficient (Wildman–Crippen LogP) is 2.21. The second kappa shape index (κ2) is 5.76. The van der Waals surface area contributed by atoms with Crippen molar-refractivity contribution in [3.8, 4) is 5.75 Å². The summed E-state index contributed by atoms with van der Waals surface area (Å²) in [5.74, 6) is 1.31. The molecular formula is C14H23N3O. The summed E-state index contributed by atoms with van der Waals surface area (Å²) in [6.45, 7) is 8.72. The van der Waals surface area contributed by atoms with Crippen LogP contribution in [0.5, 0.6) is 5.75 Å². The number of hydrogen-bond acceptors (Lipinski definition) is 2. The van der Waals surface area contributed by atoms with Crippen LogP contribution in [0.4, 0.5) is 0 Å². The van der Waals surface area contributed by atoms with E-state index in [1.807, 2.05) is 39.8 Å². The maximum atomic E-state index is 5.82. The van der Waals surface area contributed by atoms with Gasteiger partial charge in [0, 0.05) is 5.54 Å². The first-order valence-electron chi connectivity index (χ1n) is 6.03. The van der Waals surface area contributed by atoms with Crippen LogP contribution in [0.15, 0.2) is 23.2 Å². The number of ether oxygens (including phenoxy) is 1. The summed E-state index contributed by atoms with van der Waals surface area (Å²) >= 11 is 0. The van der Waals surface area contributed by atoms with Crippen LogP contribution in [-0.2, 0) is 6.54 Å². The number of nitrogens with two attached hydrogens (primary N) is 1. The molecule has 0 bridgehead atoms. The SMILES string of the molecule is COc1cc(C)cc(CN=C(N)NC(C)(C)C)c1. The average molecular weight is 249 g/mol. The van der Waals surface area contributed by atoms with Gasteiger partial charge in [0.1, 0.15) is 5.75 Å². The number of aliphatic imine (C=N–C) groups is 1. The standard InChI is InChI=1S/C14H23N3O/c1-10-6-11(8-12(7-10)18-5)9-16-13(15)17-14(2,3)4/h6-8H,9H2,1-5H3,(H3,15,16,17). The Morgan fingerprint density at radius 2 is 2.00 bits per heavy atom.